The largest absolute Gasteiger partial charge is 0.495 e. The van der Waals surface area contributed by atoms with E-state index in [-0.39, 0.29) is 52.9 Å². The number of nitrogens with one attached hydrogen (secondary N) is 8. The normalized spacial score (nSPS) is 15.5. The highest BCUT2D eigenvalue weighted by Gasteiger charge is 2.39. The van der Waals surface area contributed by atoms with Crippen molar-refractivity contribution in [1.29, 1.82) is 0 Å². The Hall–Kier alpha value is -9.23. The van der Waals surface area contributed by atoms with Crippen molar-refractivity contribution in [2.24, 2.45) is 18.9 Å². The minimum absolute atomic E-state index is 0.0178. The van der Waals surface area contributed by atoms with Crippen LogP contribution in [0.5, 0.6) is 5.75 Å². The van der Waals surface area contributed by atoms with Gasteiger partial charge in [0.25, 0.3) is 5.91 Å². The monoisotopic (exact) mass is 1460 g/mol. The molecule has 24 nitrogen and oxygen atoms in total. The summed E-state index contributed by atoms with van der Waals surface area (Å²) in [5.74, 6) is 0.263. The minimum atomic E-state index is -4.77. The van der Waals surface area contributed by atoms with Crippen molar-refractivity contribution in [3.05, 3.63) is 138 Å². The van der Waals surface area contributed by atoms with Crippen molar-refractivity contribution in [1.82, 2.24) is 50.1 Å². The van der Waals surface area contributed by atoms with Gasteiger partial charge in [0.1, 0.15) is 61.5 Å². The van der Waals surface area contributed by atoms with Crippen molar-refractivity contribution in [2.75, 3.05) is 110 Å². The highest BCUT2D eigenvalue weighted by molar-refractivity contribution is 7.71. The van der Waals surface area contributed by atoms with Gasteiger partial charge in [-0.15, -0.1) is 0 Å². The Kier molecular flexibility index (Phi) is 24.2. The number of hydrogen-bond donors (Lipinski definition) is 8. The number of ether oxygens (including phenoxy) is 1. The fourth-order valence-corrected chi connectivity index (χ4v) is 15.3. The third-order valence-corrected chi connectivity index (χ3v) is 23.9. The predicted octanol–water partition coefficient (Wildman–Crippen LogP) is 12.9. The first-order valence-electron chi connectivity index (χ1n) is 32.5. The number of alkyl halides is 6. The third-order valence-electron chi connectivity index (χ3n) is 17.5. The number of rotatable bonds is 22. The Balaban J connectivity index is 0.000000178. The Labute approximate surface area is 581 Å². The van der Waals surface area contributed by atoms with Gasteiger partial charge in [-0.2, -0.15) is 41.3 Å². The molecular weight excluding hydrogens is 1370 g/mol. The van der Waals surface area contributed by atoms with Crippen molar-refractivity contribution in [3.8, 4) is 5.75 Å². The second-order valence-corrected chi connectivity index (χ2v) is 35.3. The number of aryl methyl sites for hydroxylation is 1. The molecule has 0 spiro atoms. The smallest absolute Gasteiger partial charge is 0.421 e. The minimum Gasteiger partial charge on any atom is -0.495 e. The molecule has 0 radical (unpaired) electrons. The number of anilines is 12. The molecule has 4 aromatic heterocycles. The zero-order chi connectivity index (χ0) is 73.2. The molecule has 6 heterocycles. The zero-order valence-electron chi connectivity index (χ0n) is 57.5. The fourth-order valence-electron chi connectivity index (χ4n) is 11.7. The topological polar surface area (TPSA) is 306 Å². The number of piperidine rings is 1. The first kappa shape index (κ1) is 76.0. The Morgan fingerprint density at radius 3 is 1.92 bits per heavy atom. The lowest BCUT2D eigenvalue weighted by Crippen LogP contribution is -2.30. The van der Waals surface area contributed by atoms with Crippen molar-refractivity contribution in [2.45, 2.75) is 77.2 Å². The molecule has 8 aromatic rings. The molecule has 11 rings (SSSR count). The number of ketones is 1. The van der Waals surface area contributed by atoms with Gasteiger partial charge < -0.3 is 70.4 Å². The maximum atomic E-state index is 13.7. The van der Waals surface area contributed by atoms with Crippen LogP contribution in [0.3, 0.4) is 0 Å². The number of carbonyl (C=O) groups excluding carboxylic acids is 3. The number of fused-ring (bicyclic) bond motifs is 1. The number of benzene rings is 4. The molecule has 0 bridgehead atoms. The van der Waals surface area contributed by atoms with Gasteiger partial charge in [0.05, 0.1) is 25.5 Å². The first-order chi connectivity index (χ1) is 47.8. The molecule has 3 aliphatic rings. The van der Waals surface area contributed by atoms with E-state index in [4.69, 9.17) is 4.74 Å². The van der Waals surface area contributed by atoms with Gasteiger partial charge in [-0.25, -0.2) is 19.9 Å². The molecule has 4 aromatic carbocycles. The maximum absolute atomic E-state index is 13.7. The second-order valence-electron chi connectivity index (χ2n) is 25.3. The number of amides is 2. The molecule has 101 heavy (non-hydrogen) atoms. The van der Waals surface area contributed by atoms with Gasteiger partial charge in [-0.3, -0.25) is 14.4 Å². The van der Waals surface area contributed by atoms with Gasteiger partial charge in [0, 0.05) is 115 Å². The zero-order valence-corrected chi connectivity index (χ0v) is 60.2. The van der Waals surface area contributed by atoms with Crippen LogP contribution in [-0.2, 0) is 49.1 Å². The van der Waals surface area contributed by atoms with E-state index in [1.807, 2.05) is 74.3 Å². The summed E-state index contributed by atoms with van der Waals surface area (Å²) in [5, 5.41) is 25.2. The standard InChI is InChI=1S/C27H37F3N5O2P.C21H22N5O2P.C20H23F3N7O3P/c1-3-38(37,4-2)22-9-7-20(8-10-22)34-26-32-17-23(27(28,29)30)25(35-26)33-21-6-5-19(16-21)24(36)15-18-11-13-31-14-12-18;1-26(14-7-9-15(10-8-14)29(2,3)28)19-11-12-22-21(25-19)24-18-6-4-5-17-16(18)13-20(27)23-17;1-24-18(31)15-17(26-10-30(15)2)28-16-12(20(21,22)23)9-25-19(29-16)27-13-7-6-11(34(4,5)32)8-14(13)33-3/h7-10,17-19,21,31H,3-6,11-16H2,1-2H3,(H2,32,33,34,35);4-12H,13H2,1-3H3,(H,23,27)(H,22,24,25);6-10H,1-5H3,(H,24,31)(H2,25,27,28,29). The van der Waals surface area contributed by atoms with Gasteiger partial charge in [0.15, 0.2) is 11.5 Å². The van der Waals surface area contributed by atoms with Crippen LogP contribution in [0.1, 0.15) is 79.6 Å². The number of halogens is 6. The molecule has 1 aliphatic carbocycles. The summed E-state index contributed by atoms with van der Waals surface area (Å²) in [7, 11) is -1.03. The molecule has 2 unspecified atom stereocenters. The molecule has 2 atom stereocenters. The van der Waals surface area contributed by atoms with Crippen LogP contribution in [0, 0.1) is 11.8 Å². The Morgan fingerprint density at radius 1 is 0.693 bits per heavy atom. The summed E-state index contributed by atoms with van der Waals surface area (Å²) in [6.45, 7) is 12.4. The SMILES string of the molecule is CCP(=O)(CC)c1ccc(Nc2ncc(C(F)(F)F)c(NC3CCC(C(=O)CC4CCNCC4)C3)n2)cc1.CN(c1ccc(P(C)(C)=O)cc1)c1ccnc(Nc2cccc3c2CC(=O)N3)n1.CNC(=O)c1c(Nc2nc(Nc3ccc(P(C)(C)=O)cc3OC)ncc2C(F)(F)F)ncn1C. The van der Waals surface area contributed by atoms with Crippen LogP contribution in [0.4, 0.5) is 95.9 Å². The van der Waals surface area contributed by atoms with Crippen molar-refractivity contribution >= 4 is 124 Å². The highest BCUT2D eigenvalue weighted by Crippen LogP contribution is 2.45. The average Bonchev–Trinajstić information content (AvgIpc) is 1.64. The summed E-state index contributed by atoms with van der Waals surface area (Å²) in [6, 6.07) is 26.7. The maximum Gasteiger partial charge on any atom is 0.421 e. The number of carbonyl (C=O) groups is 3. The van der Waals surface area contributed by atoms with E-state index in [1.54, 1.807) is 75.3 Å². The van der Waals surface area contributed by atoms with Crippen LogP contribution in [0.15, 0.2) is 116 Å². The summed E-state index contributed by atoms with van der Waals surface area (Å²) < 4.78 is 126. The average molecular weight is 1460 g/mol. The van der Waals surface area contributed by atoms with E-state index in [0.29, 0.717) is 90.7 Å². The van der Waals surface area contributed by atoms with Gasteiger partial charge >= 0.3 is 12.4 Å². The molecule has 1 saturated carbocycles. The van der Waals surface area contributed by atoms with Crippen LogP contribution in [0.25, 0.3) is 0 Å². The number of hydrogen-bond acceptors (Lipinski definition) is 21. The molecule has 2 fully saturated rings. The van der Waals surface area contributed by atoms with E-state index >= 15 is 0 Å². The number of Topliss-reactive ketones (excluding diaryl/α,β-unsaturated/α-hetero) is 1. The van der Waals surface area contributed by atoms with E-state index in [2.05, 4.69) is 77.4 Å². The molecule has 8 N–H and O–H groups in total. The third kappa shape index (κ3) is 19.4. The summed E-state index contributed by atoms with van der Waals surface area (Å²) in [5.41, 5.74) is 2.36. The number of imidazole rings is 1. The van der Waals surface area contributed by atoms with E-state index in [1.165, 1.54) is 32.1 Å². The van der Waals surface area contributed by atoms with Crippen LogP contribution in [0.2, 0.25) is 0 Å². The predicted molar refractivity (Wildman–Crippen MR) is 385 cm³/mol. The molecule has 1 saturated heterocycles. The van der Waals surface area contributed by atoms with Crippen molar-refractivity contribution in [3.63, 3.8) is 0 Å². The summed E-state index contributed by atoms with van der Waals surface area (Å²) in [6.07, 6.45) is 0.783. The molecule has 538 valence electrons. The van der Waals surface area contributed by atoms with E-state index < -0.39 is 56.6 Å². The number of aromatic nitrogens is 8. The van der Waals surface area contributed by atoms with Crippen LogP contribution < -0.4 is 68.1 Å². The van der Waals surface area contributed by atoms with Crippen LogP contribution in [-0.4, -0.2) is 136 Å². The highest BCUT2D eigenvalue weighted by atomic mass is 31.2. The Morgan fingerprint density at radius 2 is 1.30 bits per heavy atom. The number of nitrogens with zero attached hydrogens (tertiary/aromatic N) is 9. The lowest BCUT2D eigenvalue weighted by Gasteiger charge is -2.23. The summed E-state index contributed by atoms with van der Waals surface area (Å²) >= 11 is 0. The first-order valence-corrected chi connectivity index (χ1v) is 39.8. The fraction of sp³-hybridized carbons (Fsp3) is 0.382. The number of methoxy groups -OCH3 is 1. The lowest BCUT2D eigenvalue weighted by molar-refractivity contribution is -0.138. The second kappa shape index (κ2) is 32.2. The van der Waals surface area contributed by atoms with E-state index in [0.717, 1.165) is 65.4 Å². The quantitative estimate of drug-likeness (QED) is 0.0231. The molecule has 2 amide bonds. The lowest BCUT2D eigenvalue weighted by atomic mass is 9.88. The van der Waals surface area contributed by atoms with Crippen molar-refractivity contribution < 1.29 is 59.2 Å². The van der Waals surface area contributed by atoms with Crippen LogP contribution >= 0.6 is 21.4 Å². The molecular formula is C68H82F6N17O7P3. The molecule has 33 heteroatoms. The molecule has 2 aliphatic heterocycles. The van der Waals surface area contributed by atoms with Gasteiger partial charge in [-0.05, 0) is 163 Å². The van der Waals surface area contributed by atoms with Gasteiger partial charge in [0.2, 0.25) is 23.8 Å². The van der Waals surface area contributed by atoms with E-state index in [9.17, 15) is 54.4 Å². The van der Waals surface area contributed by atoms with Gasteiger partial charge in [-0.1, -0.05) is 19.9 Å². The summed E-state index contributed by atoms with van der Waals surface area (Å²) in [4.78, 5) is 67.3. The Bertz CT molecular complexity index is 4430.